The van der Waals surface area contributed by atoms with Gasteiger partial charge in [0.05, 0.1) is 12.0 Å². The van der Waals surface area contributed by atoms with Crippen molar-refractivity contribution in [1.29, 1.82) is 0 Å². The minimum Gasteiger partial charge on any atom is -0.351 e. The molecule has 3 rings (SSSR count). The van der Waals surface area contributed by atoms with Crippen LogP contribution in [-0.2, 0) is 0 Å². The maximum absolute atomic E-state index is 14.1. The van der Waals surface area contributed by atoms with Gasteiger partial charge in [-0.05, 0) is 17.7 Å². The Morgan fingerprint density at radius 1 is 1.33 bits per heavy atom. The van der Waals surface area contributed by atoms with Gasteiger partial charge < -0.3 is 9.47 Å². The van der Waals surface area contributed by atoms with E-state index in [0.717, 1.165) is 11.3 Å². The summed E-state index contributed by atoms with van der Waals surface area (Å²) in [7, 11) is 1.94. The monoisotopic (exact) mass is 261 g/mol. The van der Waals surface area contributed by atoms with Crippen molar-refractivity contribution in [2.45, 2.75) is 5.25 Å². The van der Waals surface area contributed by atoms with Crippen LogP contribution < -0.4 is 4.90 Å². The molecule has 1 aliphatic rings. The number of halogens is 1. The third-order valence-corrected chi connectivity index (χ3v) is 3.52. The van der Waals surface area contributed by atoms with Crippen LogP contribution in [0.25, 0.3) is 5.69 Å². The summed E-state index contributed by atoms with van der Waals surface area (Å²) < 4.78 is 15.8. The van der Waals surface area contributed by atoms with E-state index in [-0.39, 0.29) is 11.1 Å². The van der Waals surface area contributed by atoms with Crippen molar-refractivity contribution in [3.8, 4) is 5.69 Å². The van der Waals surface area contributed by atoms with E-state index in [2.05, 4.69) is 17.6 Å². The molecule has 18 heavy (non-hydrogen) atoms. The molecule has 0 saturated heterocycles. The van der Waals surface area contributed by atoms with E-state index in [4.69, 9.17) is 0 Å². The summed E-state index contributed by atoms with van der Waals surface area (Å²) in [5, 5.41) is -0.0671. The molecule has 0 N–H and O–H groups in total. The van der Waals surface area contributed by atoms with Gasteiger partial charge >= 0.3 is 0 Å². The lowest BCUT2D eigenvalue weighted by molar-refractivity contribution is 0.616. The molecule has 0 bridgehead atoms. The Morgan fingerprint density at radius 2 is 2.17 bits per heavy atom. The Labute approximate surface area is 110 Å². The third-order valence-electron chi connectivity index (χ3n) is 3.07. The zero-order valence-corrected chi connectivity index (χ0v) is 10.7. The van der Waals surface area contributed by atoms with Crippen molar-refractivity contribution in [2.24, 2.45) is 0 Å². The quantitative estimate of drug-likeness (QED) is 0.797. The van der Waals surface area contributed by atoms with Gasteiger partial charge in [-0.2, -0.15) is 12.6 Å². The molecule has 92 valence electrons. The van der Waals surface area contributed by atoms with Crippen LogP contribution in [-0.4, -0.2) is 16.6 Å². The summed E-state index contributed by atoms with van der Waals surface area (Å²) in [6.07, 6.45) is 8.81. The number of nitrogens with zero attached hydrogens (tertiary/aromatic N) is 3. The highest BCUT2D eigenvalue weighted by Gasteiger charge is 2.19. The number of anilines is 1. The van der Waals surface area contributed by atoms with Crippen LogP contribution in [0.3, 0.4) is 0 Å². The van der Waals surface area contributed by atoms with Crippen LogP contribution in [0.1, 0.15) is 10.8 Å². The minimum atomic E-state index is -0.269. The van der Waals surface area contributed by atoms with Crippen molar-refractivity contribution in [2.75, 3.05) is 11.9 Å². The van der Waals surface area contributed by atoms with E-state index in [0.29, 0.717) is 5.69 Å². The van der Waals surface area contributed by atoms with Crippen LogP contribution >= 0.6 is 12.6 Å². The van der Waals surface area contributed by atoms with Gasteiger partial charge in [0.15, 0.2) is 0 Å². The first-order chi connectivity index (χ1) is 8.66. The predicted octanol–water partition coefficient (Wildman–Crippen LogP) is 2.95. The van der Waals surface area contributed by atoms with Crippen molar-refractivity contribution >= 4 is 18.3 Å². The second kappa shape index (κ2) is 4.17. The largest absolute Gasteiger partial charge is 0.351 e. The first-order valence-electron chi connectivity index (χ1n) is 5.58. The Morgan fingerprint density at radius 3 is 2.89 bits per heavy atom. The van der Waals surface area contributed by atoms with E-state index >= 15 is 0 Å². The maximum Gasteiger partial charge on any atom is 0.147 e. The van der Waals surface area contributed by atoms with E-state index < -0.39 is 0 Å². The van der Waals surface area contributed by atoms with Crippen molar-refractivity contribution < 1.29 is 4.39 Å². The van der Waals surface area contributed by atoms with Crippen molar-refractivity contribution in [1.82, 2.24) is 9.55 Å². The molecule has 0 saturated carbocycles. The fourth-order valence-corrected chi connectivity index (χ4v) is 2.39. The maximum atomic E-state index is 14.1. The molecule has 2 heterocycles. The lowest BCUT2D eigenvalue weighted by Crippen LogP contribution is -2.16. The minimum absolute atomic E-state index is 0.0671. The standard InChI is InChI=1S/C13H12FN3S/c1-16-4-2-13(18)9-6-10(14)12(7-11(9)16)17-5-3-15-8-17/h2-8,13,18H,1H3. The summed E-state index contributed by atoms with van der Waals surface area (Å²) in [5.41, 5.74) is 2.33. The molecule has 1 aromatic heterocycles. The number of imidazole rings is 1. The molecule has 0 fully saturated rings. The highest BCUT2D eigenvalue weighted by molar-refractivity contribution is 7.80. The topological polar surface area (TPSA) is 21.1 Å². The third kappa shape index (κ3) is 1.71. The summed E-state index contributed by atoms with van der Waals surface area (Å²) in [6, 6.07) is 3.36. The van der Waals surface area contributed by atoms with Gasteiger partial charge in [0.2, 0.25) is 0 Å². The first-order valence-corrected chi connectivity index (χ1v) is 6.09. The second-order valence-corrected chi connectivity index (χ2v) is 4.79. The molecule has 1 aliphatic heterocycles. The van der Waals surface area contributed by atoms with E-state index in [9.17, 15) is 4.39 Å². The smallest absolute Gasteiger partial charge is 0.147 e. The number of aromatic nitrogens is 2. The second-order valence-electron chi connectivity index (χ2n) is 4.23. The number of benzene rings is 1. The lowest BCUT2D eigenvalue weighted by atomic mass is 10.0. The molecular formula is C13H12FN3S. The number of thiol groups is 1. The van der Waals surface area contributed by atoms with Crippen LogP contribution in [0.4, 0.5) is 10.1 Å². The zero-order valence-electron chi connectivity index (χ0n) is 9.79. The fraction of sp³-hybridized carbons (Fsp3) is 0.154. The van der Waals surface area contributed by atoms with Crippen molar-refractivity contribution in [3.05, 3.63) is 54.5 Å². The highest BCUT2D eigenvalue weighted by atomic mass is 32.1. The number of hydrogen-bond donors (Lipinski definition) is 1. The first kappa shape index (κ1) is 11.3. The van der Waals surface area contributed by atoms with Gasteiger partial charge in [-0.1, -0.05) is 6.08 Å². The molecule has 0 amide bonds. The fourth-order valence-electron chi connectivity index (χ4n) is 2.10. The average molecular weight is 261 g/mol. The molecule has 1 aromatic carbocycles. The SMILES string of the molecule is CN1C=CC(S)c2cc(F)c(-n3ccnc3)cc21. The van der Waals surface area contributed by atoms with Crippen molar-refractivity contribution in [3.63, 3.8) is 0 Å². The number of rotatable bonds is 1. The zero-order chi connectivity index (χ0) is 12.7. The van der Waals surface area contributed by atoms with Gasteiger partial charge in [0, 0.05) is 36.6 Å². The highest BCUT2D eigenvalue weighted by Crippen LogP contribution is 2.37. The van der Waals surface area contributed by atoms with Crippen LogP contribution in [0.15, 0.2) is 43.1 Å². The molecule has 0 spiro atoms. The summed E-state index contributed by atoms with van der Waals surface area (Å²) >= 11 is 4.44. The molecule has 0 radical (unpaired) electrons. The Bertz CT molecular complexity index is 607. The van der Waals surface area contributed by atoms with Crippen LogP contribution in [0.5, 0.6) is 0 Å². The number of fused-ring (bicyclic) bond motifs is 1. The molecular weight excluding hydrogens is 249 g/mol. The predicted molar refractivity (Wildman–Crippen MR) is 72.8 cm³/mol. The molecule has 0 aliphatic carbocycles. The molecule has 1 unspecified atom stereocenters. The van der Waals surface area contributed by atoms with Gasteiger partial charge in [-0.25, -0.2) is 9.37 Å². The summed E-state index contributed by atoms with van der Waals surface area (Å²) in [5.74, 6) is -0.269. The average Bonchev–Trinajstić information content (AvgIpc) is 2.87. The summed E-state index contributed by atoms with van der Waals surface area (Å²) in [4.78, 5) is 5.90. The van der Waals surface area contributed by atoms with E-state index in [1.165, 1.54) is 0 Å². The van der Waals surface area contributed by atoms with E-state index in [1.807, 2.05) is 30.3 Å². The van der Waals surface area contributed by atoms with E-state index in [1.54, 1.807) is 29.4 Å². The Kier molecular flexibility index (Phi) is 2.63. The van der Waals surface area contributed by atoms with Gasteiger partial charge in [-0.15, -0.1) is 0 Å². The van der Waals surface area contributed by atoms with Crippen LogP contribution in [0, 0.1) is 5.82 Å². The van der Waals surface area contributed by atoms with Gasteiger partial charge in [-0.3, -0.25) is 0 Å². The van der Waals surface area contributed by atoms with Gasteiger partial charge in [0.1, 0.15) is 5.82 Å². The molecule has 1 atom stereocenters. The Balaban J connectivity index is 2.19. The normalized spacial score (nSPS) is 17.9. The Hall–Kier alpha value is -1.75. The molecule has 3 nitrogen and oxygen atoms in total. The van der Waals surface area contributed by atoms with Gasteiger partial charge in [0.25, 0.3) is 0 Å². The lowest BCUT2D eigenvalue weighted by Gasteiger charge is -2.26. The molecule has 2 aromatic rings. The summed E-state index contributed by atoms with van der Waals surface area (Å²) in [6.45, 7) is 0. The number of hydrogen-bond acceptors (Lipinski definition) is 3. The molecule has 5 heteroatoms. The van der Waals surface area contributed by atoms with Crippen LogP contribution in [0.2, 0.25) is 0 Å².